The molecule has 0 aromatic heterocycles. The number of amides is 2. The van der Waals surface area contributed by atoms with Crippen LogP contribution in [-0.4, -0.2) is 63.6 Å². The van der Waals surface area contributed by atoms with E-state index in [1.807, 2.05) is 6.92 Å². The lowest BCUT2D eigenvalue weighted by molar-refractivity contribution is -0.148. The van der Waals surface area contributed by atoms with Crippen LogP contribution >= 0.6 is 0 Å². The fraction of sp³-hybridized carbons (Fsp3) is 0.905. The van der Waals surface area contributed by atoms with Crippen LogP contribution in [0.3, 0.4) is 0 Å². The lowest BCUT2D eigenvalue weighted by Crippen LogP contribution is -2.47. The van der Waals surface area contributed by atoms with Crippen LogP contribution in [0, 0.1) is 5.92 Å². The molecule has 3 rings (SSSR count). The number of carbonyl (C=O) groups excluding carboxylic acids is 2. The molecule has 9 heteroatoms. The molecular formula is C21H34F2N2O4S. The Morgan fingerprint density at radius 1 is 1.17 bits per heavy atom. The van der Waals surface area contributed by atoms with Gasteiger partial charge in [-0.25, -0.2) is 13.0 Å². The Morgan fingerprint density at radius 3 is 2.30 bits per heavy atom. The van der Waals surface area contributed by atoms with E-state index in [1.54, 1.807) is 4.90 Å². The van der Waals surface area contributed by atoms with Gasteiger partial charge in [-0.2, -0.15) is 4.36 Å². The molecular weight excluding hydrogens is 414 g/mol. The molecule has 3 fully saturated rings. The van der Waals surface area contributed by atoms with Gasteiger partial charge in [0.1, 0.15) is 6.10 Å². The van der Waals surface area contributed by atoms with E-state index in [4.69, 9.17) is 4.74 Å². The minimum Gasteiger partial charge on any atom is -0.365 e. The summed E-state index contributed by atoms with van der Waals surface area (Å²) in [5, 5.41) is -0.274. The number of halogens is 2. The highest BCUT2D eigenvalue weighted by Gasteiger charge is 2.45. The molecule has 2 aliphatic carbocycles. The molecule has 2 saturated carbocycles. The highest BCUT2D eigenvalue weighted by atomic mass is 32.2. The van der Waals surface area contributed by atoms with Gasteiger partial charge in [-0.05, 0) is 38.0 Å². The van der Waals surface area contributed by atoms with Crippen molar-refractivity contribution in [2.45, 2.75) is 94.5 Å². The quantitative estimate of drug-likeness (QED) is 0.594. The summed E-state index contributed by atoms with van der Waals surface area (Å²) in [5.74, 6) is -3.59. The molecule has 0 N–H and O–H groups in total. The third-order valence-corrected chi connectivity index (χ3v) is 8.87. The van der Waals surface area contributed by atoms with E-state index in [2.05, 4.69) is 4.36 Å². The smallest absolute Gasteiger partial charge is 0.254 e. The van der Waals surface area contributed by atoms with Crippen LogP contribution in [0.15, 0.2) is 4.36 Å². The Balaban J connectivity index is 1.50. The molecule has 3 aliphatic rings. The minimum atomic E-state index is -2.77. The second-order valence-electron chi connectivity index (χ2n) is 9.14. The predicted molar refractivity (Wildman–Crippen MR) is 111 cm³/mol. The summed E-state index contributed by atoms with van der Waals surface area (Å²) in [6, 6.07) is 0. The highest BCUT2D eigenvalue weighted by molar-refractivity contribution is 7.93. The minimum absolute atomic E-state index is 0.00983. The monoisotopic (exact) mass is 448 g/mol. The third kappa shape index (κ3) is 5.99. The van der Waals surface area contributed by atoms with E-state index in [9.17, 15) is 22.6 Å². The molecule has 172 valence electrons. The number of nitrogens with zero attached hydrogens (tertiary/aromatic N) is 2. The van der Waals surface area contributed by atoms with Crippen LogP contribution in [-0.2, 0) is 24.1 Å². The van der Waals surface area contributed by atoms with Gasteiger partial charge in [-0.1, -0.05) is 19.8 Å². The molecule has 2 amide bonds. The maximum absolute atomic E-state index is 13.0. The Labute approximate surface area is 178 Å². The van der Waals surface area contributed by atoms with Gasteiger partial charge >= 0.3 is 0 Å². The van der Waals surface area contributed by atoms with Crippen molar-refractivity contribution in [1.29, 1.82) is 0 Å². The van der Waals surface area contributed by atoms with Gasteiger partial charge in [0.05, 0.1) is 15.8 Å². The van der Waals surface area contributed by atoms with Crippen molar-refractivity contribution in [3.05, 3.63) is 0 Å². The van der Waals surface area contributed by atoms with Crippen molar-refractivity contribution in [1.82, 2.24) is 4.90 Å². The molecule has 0 spiro atoms. The van der Waals surface area contributed by atoms with Crippen LogP contribution < -0.4 is 0 Å². The van der Waals surface area contributed by atoms with E-state index in [0.717, 1.165) is 25.7 Å². The summed E-state index contributed by atoms with van der Waals surface area (Å²) in [6.45, 7) is 2.89. The van der Waals surface area contributed by atoms with Crippen molar-refractivity contribution in [3.8, 4) is 0 Å². The van der Waals surface area contributed by atoms with Gasteiger partial charge in [0, 0.05) is 43.9 Å². The number of ether oxygens (including phenoxy) is 1. The topological polar surface area (TPSA) is 76.0 Å². The molecule has 2 unspecified atom stereocenters. The first kappa shape index (κ1) is 23.6. The van der Waals surface area contributed by atoms with Crippen molar-refractivity contribution < 1.29 is 27.3 Å². The maximum atomic E-state index is 13.0. The molecule has 0 aromatic rings. The van der Waals surface area contributed by atoms with Gasteiger partial charge < -0.3 is 9.64 Å². The molecule has 0 radical (unpaired) electrons. The normalized spacial score (nSPS) is 26.1. The molecule has 1 saturated heterocycles. The predicted octanol–water partition coefficient (Wildman–Crippen LogP) is 3.78. The van der Waals surface area contributed by atoms with Crippen molar-refractivity contribution in [2.75, 3.05) is 19.3 Å². The lowest BCUT2D eigenvalue weighted by atomic mass is 9.79. The number of hydrogen-bond donors (Lipinski definition) is 0. The number of likely N-dealkylation sites (tertiary alicyclic amines) is 1. The summed E-state index contributed by atoms with van der Waals surface area (Å²) in [6.07, 6.45) is 6.55. The van der Waals surface area contributed by atoms with E-state index in [0.29, 0.717) is 32.4 Å². The first-order valence-corrected chi connectivity index (χ1v) is 13.1. The van der Waals surface area contributed by atoms with Crippen molar-refractivity contribution in [3.63, 3.8) is 0 Å². The second-order valence-corrected chi connectivity index (χ2v) is 11.7. The lowest BCUT2D eigenvalue weighted by Gasteiger charge is -2.35. The molecule has 2 atom stereocenters. The maximum Gasteiger partial charge on any atom is 0.254 e. The summed E-state index contributed by atoms with van der Waals surface area (Å²) in [4.78, 5) is 26.7. The van der Waals surface area contributed by atoms with Gasteiger partial charge in [0.25, 0.3) is 11.8 Å². The molecule has 1 heterocycles. The standard InChI is InChI=1S/C21H34F2N2O4S/c1-3-18(29-16-6-4-5-7-16)20(27)25-10-8-17(9-11-25)30(2,28)24-19(26)12-15-13-21(22,23)14-15/h15-18H,3-14H2,1-2H3. The fourth-order valence-corrected chi connectivity index (χ4v) is 6.51. The largest absolute Gasteiger partial charge is 0.365 e. The van der Waals surface area contributed by atoms with Crippen LogP contribution in [0.2, 0.25) is 0 Å². The van der Waals surface area contributed by atoms with E-state index in [1.165, 1.54) is 6.26 Å². The van der Waals surface area contributed by atoms with Crippen LogP contribution in [0.1, 0.15) is 71.1 Å². The summed E-state index contributed by atoms with van der Waals surface area (Å²) in [5.41, 5.74) is 0. The van der Waals surface area contributed by atoms with E-state index >= 15 is 0 Å². The van der Waals surface area contributed by atoms with Crippen LogP contribution in [0.4, 0.5) is 8.78 Å². The molecule has 0 aromatic carbocycles. The number of piperidine rings is 1. The second kappa shape index (κ2) is 9.59. The molecule has 30 heavy (non-hydrogen) atoms. The number of carbonyl (C=O) groups is 2. The zero-order valence-electron chi connectivity index (χ0n) is 18.0. The van der Waals surface area contributed by atoms with E-state index in [-0.39, 0.29) is 42.4 Å². The zero-order valence-corrected chi connectivity index (χ0v) is 18.8. The third-order valence-electron chi connectivity index (χ3n) is 6.60. The van der Waals surface area contributed by atoms with Gasteiger partial charge in [-0.3, -0.25) is 9.59 Å². The molecule has 6 nitrogen and oxygen atoms in total. The summed E-state index contributed by atoms with van der Waals surface area (Å²) >= 11 is 0. The fourth-order valence-electron chi connectivity index (χ4n) is 4.79. The Hall–Kier alpha value is -1.09. The van der Waals surface area contributed by atoms with E-state index < -0.39 is 27.7 Å². The Bertz CT molecular complexity index is 744. The van der Waals surface area contributed by atoms with Gasteiger partial charge in [-0.15, -0.1) is 0 Å². The van der Waals surface area contributed by atoms with Gasteiger partial charge in [0.15, 0.2) is 0 Å². The Morgan fingerprint density at radius 2 is 1.77 bits per heavy atom. The average molecular weight is 449 g/mol. The average Bonchev–Trinajstić information content (AvgIpc) is 3.17. The first-order chi connectivity index (χ1) is 14.1. The number of alkyl halides is 2. The molecule has 1 aliphatic heterocycles. The zero-order chi connectivity index (χ0) is 21.9. The van der Waals surface area contributed by atoms with Crippen molar-refractivity contribution in [2.24, 2.45) is 10.3 Å². The Kier molecular flexibility index (Phi) is 7.53. The number of rotatable bonds is 7. The van der Waals surface area contributed by atoms with Crippen LogP contribution in [0.25, 0.3) is 0 Å². The number of hydrogen-bond acceptors (Lipinski definition) is 4. The molecule has 0 bridgehead atoms. The first-order valence-electron chi connectivity index (χ1n) is 11.2. The summed E-state index contributed by atoms with van der Waals surface area (Å²) in [7, 11) is -2.77. The van der Waals surface area contributed by atoms with Crippen molar-refractivity contribution >= 4 is 21.5 Å². The van der Waals surface area contributed by atoms with Crippen LogP contribution in [0.5, 0.6) is 0 Å². The highest BCUT2D eigenvalue weighted by Crippen LogP contribution is 2.44. The summed E-state index contributed by atoms with van der Waals surface area (Å²) < 4.78 is 48.8. The SMILES string of the molecule is CCC(OC1CCCC1)C(=O)N1CCC(S(C)(=O)=NC(=O)CC2CC(F)(F)C2)CC1. The van der Waals surface area contributed by atoms with Gasteiger partial charge in [0.2, 0.25) is 5.92 Å².